The number of nitrogens with one attached hydrogen (secondary N) is 1. The van der Waals surface area contributed by atoms with E-state index >= 15 is 0 Å². The fourth-order valence-corrected chi connectivity index (χ4v) is 6.75. The number of piperidine rings is 2. The number of aromatic nitrogens is 5. The van der Waals surface area contributed by atoms with Crippen LogP contribution in [0.1, 0.15) is 63.8 Å². The Kier molecular flexibility index (Phi) is 5.23. The minimum absolute atomic E-state index is 0.0387. The van der Waals surface area contributed by atoms with Crippen LogP contribution in [-0.4, -0.2) is 53.6 Å². The van der Waals surface area contributed by atoms with Crippen molar-refractivity contribution < 1.29 is 5.11 Å². The molecular weight excluding hydrogens is 460 g/mol. The molecule has 1 saturated carbocycles. The predicted octanol–water partition coefficient (Wildman–Crippen LogP) is 4.06. The van der Waals surface area contributed by atoms with Gasteiger partial charge in [0, 0.05) is 28.7 Å². The lowest BCUT2D eigenvalue weighted by molar-refractivity contribution is 0.0766. The summed E-state index contributed by atoms with van der Waals surface area (Å²) < 4.78 is 0. The Morgan fingerprint density at radius 2 is 1.86 bits per heavy atom. The van der Waals surface area contributed by atoms with Gasteiger partial charge in [-0.2, -0.15) is 5.26 Å². The molecule has 3 atom stereocenters. The molecule has 1 aliphatic carbocycles. The summed E-state index contributed by atoms with van der Waals surface area (Å²) in [4.78, 5) is 7.07. The maximum Gasteiger partial charge on any atom is 0.218 e. The second-order valence-corrected chi connectivity index (χ2v) is 11.7. The predicted molar refractivity (Wildman–Crippen MR) is 133 cm³/mol. The molecule has 180 valence electrons. The highest BCUT2D eigenvalue weighted by molar-refractivity contribution is 7.15. The molecule has 2 bridgehead atoms. The number of anilines is 1. The van der Waals surface area contributed by atoms with Crippen LogP contribution in [-0.2, 0) is 0 Å². The third kappa shape index (κ3) is 4.23. The lowest BCUT2D eigenvalue weighted by Crippen LogP contribution is -2.67. The van der Waals surface area contributed by atoms with Crippen LogP contribution < -0.4 is 10.2 Å². The molecule has 9 nitrogen and oxygen atoms in total. The first kappa shape index (κ1) is 22.3. The molecule has 3 aromatic rings. The van der Waals surface area contributed by atoms with Gasteiger partial charge in [0.2, 0.25) is 5.01 Å². The number of hydrogen-bond acceptors (Lipinski definition) is 10. The van der Waals surface area contributed by atoms with Crippen LogP contribution in [0.2, 0.25) is 0 Å². The zero-order valence-electron chi connectivity index (χ0n) is 19.9. The molecule has 2 saturated heterocycles. The first-order valence-electron chi connectivity index (χ1n) is 12.2. The van der Waals surface area contributed by atoms with Gasteiger partial charge in [0.25, 0.3) is 0 Å². The Labute approximate surface area is 208 Å². The Balaban J connectivity index is 1.26. The number of nitrogens with zero attached hydrogens (tertiary/aromatic N) is 7. The van der Waals surface area contributed by atoms with Crippen molar-refractivity contribution in [1.29, 1.82) is 5.26 Å². The Hall–Kier alpha value is -3.16. The van der Waals surface area contributed by atoms with Crippen molar-refractivity contribution in [3.8, 4) is 33.8 Å². The normalized spacial score (nSPS) is 27.9. The van der Waals surface area contributed by atoms with E-state index in [1.165, 1.54) is 43.4 Å². The third-order valence-electron chi connectivity index (χ3n) is 7.59. The Bertz CT molecular complexity index is 1280. The number of phenols is 1. The summed E-state index contributed by atoms with van der Waals surface area (Å²) in [5.41, 5.74) is 1.52. The number of nitriles is 1. The van der Waals surface area contributed by atoms with E-state index in [0.717, 1.165) is 18.7 Å². The summed E-state index contributed by atoms with van der Waals surface area (Å²) in [6.45, 7) is 4.73. The molecule has 6 rings (SSSR count). The van der Waals surface area contributed by atoms with Gasteiger partial charge in [0.15, 0.2) is 11.6 Å². The topological polar surface area (TPSA) is 124 Å². The minimum Gasteiger partial charge on any atom is -0.507 e. The molecule has 0 unspecified atom stereocenters. The Morgan fingerprint density at radius 1 is 1.09 bits per heavy atom. The summed E-state index contributed by atoms with van der Waals surface area (Å²) in [5.74, 6) is 1.24. The van der Waals surface area contributed by atoms with Gasteiger partial charge in [-0.3, -0.25) is 0 Å². The van der Waals surface area contributed by atoms with Crippen LogP contribution in [0.15, 0.2) is 24.4 Å². The van der Waals surface area contributed by atoms with Gasteiger partial charge in [0.05, 0.1) is 11.8 Å². The number of phenolic OH excluding ortho intramolecular Hbond substituents is 1. The summed E-state index contributed by atoms with van der Waals surface area (Å²) >= 11 is 1.18. The van der Waals surface area contributed by atoms with E-state index in [2.05, 4.69) is 49.4 Å². The summed E-state index contributed by atoms with van der Waals surface area (Å²) in [5, 5.41) is 41.3. The van der Waals surface area contributed by atoms with Crippen molar-refractivity contribution >= 4 is 17.2 Å². The van der Waals surface area contributed by atoms with Gasteiger partial charge in [-0.15, -0.1) is 20.4 Å². The highest BCUT2D eigenvalue weighted by Gasteiger charge is 2.49. The molecular formula is C25H28N8OS. The largest absolute Gasteiger partial charge is 0.507 e. The van der Waals surface area contributed by atoms with Gasteiger partial charge in [-0.1, -0.05) is 17.4 Å². The van der Waals surface area contributed by atoms with Crippen molar-refractivity contribution in [2.45, 2.75) is 82.0 Å². The Morgan fingerprint density at radius 3 is 2.46 bits per heavy atom. The molecule has 1 aromatic carbocycles. The smallest absolute Gasteiger partial charge is 0.218 e. The second kappa shape index (κ2) is 8.21. The van der Waals surface area contributed by atoms with Gasteiger partial charge in [-0.05, 0) is 70.9 Å². The number of benzene rings is 1. The molecule has 4 heterocycles. The van der Waals surface area contributed by atoms with Gasteiger partial charge >= 0.3 is 0 Å². The fourth-order valence-electron chi connectivity index (χ4n) is 6.11. The molecule has 2 N–H and O–H groups in total. The molecule has 0 spiro atoms. The molecule has 0 amide bonds. The van der Waals surface area contributed by atoms with Crippen LogP contribution in [0.25, 0.3) is 22.0 Å². The van der Waals surface area contributed by atoms with Crippen molar-refractivity contribution in [3.63, 3.8) is 0 Å². The molecule has 0 radical (unpaired) electrons. The highest BCUT2D eigenvalue weighted by atomic mass is 32.1. The van der Waals surface area contributed by atoms with Crippen molar-refractivity contribution in [2.24, 2.45) is 0 Å². The molecule has 2 aromatic heterocycles. The van der Waals surface area contributed by atoms with E-state index in [1.807, 2.05) is 12.1 Å². The standard InChI is InChI=1S/C25H28N8OS/c1-24-8-3-9-25(2,32-24)12-17(11-24)33(16-5-6-16)20-14-27-22(30-28-20)18-7-4-15(10-19(18)34)23-31-29-21(13-26)35-23/h4,7,10,14,16-17,32,34H,3,5-6,8-9,11-12H2,1-2H3/t17-,24-,25+. The third-order valence-corrected chi connectivity index (χ3v) is 8.46. The SMILES string of the molecule is C[C@]12CCC[C@](C)(C[C@@H](N(c3cnc(-c4ccc(-c5nnc(C#N)s5)cc4O)nn3)C3CC3)C1)N2. The van der Waals surface area contributed by atoms with Gasteiger partial charge < -0.3 is 15.3 Å². The highest BCUT2D eigenvalue weighted by Crippen LogP contribution is 2.45. The molecule has 35 heavy (non-hydrogen) atoms. The quantitative estimate of drug-likeness (QED) is 0.547. The zero-order valence-corrected chi connectivity index (χ0v) is 20.7. The number of hydrogen-bond donors (Lipinski definition) is 2. The van der Waals surface area contributed by atoms with Crippen molar-refractivity contribution in [3.05, 3.63) is 29.4 Å². The van der Waals surface area contributed by atoms with Gasteiger partial charge in [-0.25, -0.2) is 4.98 Å². The molecule has 2 aliphatic heterocycles. The fraction of sp³-hybridized carbons (Fsp3) is 0.520. The molecule has 10 heteroatoms. The lowest BCUT2D eigenvalue weighted by atomic mass is 9.69. The number of aromatic hydroxyl groups is 1. The van der Waals surface area contributed by atoms with E-state index in [1.54, 1.807) is 18.3 Å². The zero-order chi connectivity index (χ0) is 24.2. The first-order chi connectivity index (χ1) is 16.8. The van der Waals surface area contributed by atoms with Crippen LogP contribution in [0.5, 0.6) is 5.75 Å². The van der Waals surface area contributed by atoms with E-state index in [4.69, 9.17) is 5.26 Å². The van der Waals surface area contributed by atoms with Crippen LogP contribution >= 0.6 is 11.3 Å². The minimum atomic E-state index is 0.0387. The van der Waals surface area contributed by atoms with Crippen LogP contribution in [0.4, 0.5) is 5.82 Å². The molecule has 3 aliphatic rings. The maximum absolute atomic E-state index is 10.7. The number of rotatable bonds is 5. The first-order valence-corrected chi connectivity index (χ1v) is 13.0. The summed E-state index contributed by atoms with van der Waals surface area (Å²) in [6, 6.07) is 8.07. The maximum atomic E-state index is 10.7. The molecule has 3 fully saturated rings. The van der Waals surface area contributed by atoms with Crippen LogP contribution in [0.3, 0.4) is 0 Å². The van der Waals surface area contributed by atoms with E-state index < -0.39 is 0 Å². The van der Waals surface area contributed by atoms with Gasteiger partial charge in [0.1, 0.15) is 16.8 Å². The monoisotopic (exact) mass is 488 g/mol. The van der Waals surface area contributed by atoms with E-state index in [0.29, 0.717) is 34.0 Å². The van der Waals surface area contributed by atoms with E-state index in [-0.39, 0.29) is 21.8 Å². The summed E-state index contributed by atoms with van der Waals surface area (Å²) in [7, 11) is 0. The average Bonchev–Trinajstić information content (AvgIpc) is 3.53. The summed E-state index contributed by atoms with van der Waals surface area (Å²) in [6.07, 6.45) is 10.1. The van der Waals surface area contributed by atoms with E-state index in [9.17, 15) is 5.11 Å². The second-order valence-electron chi connectivity index (χ2n) is 10.7. The van der Waals surface area contributed by atoms with Crippen molar-refractivity contribution in [2.75, 3.05) is 4.90 Å². The lowest BCUT2D eigenvalue weighted by Gasteiger charge is -2.55. The van der Waals surface area contributed by atoms with Crippen molar-refractivity contribution in [1.82, 2.24) is 30.7 Å². The average molecular weight is 489 g/mol. The number of fused-ring (bicyclic) bond motifs is 2. The van der Waals surface area contributed by atoms with Crippen LogP contribution in [0, 0.1) is 11.3 Å².